The normalized spacial score (nSPS) is 10.9. The zero-order chi connectivity index (χ0) is 19.5. The van der Waals surface area contributed by atoms with Crippen LogP contribution in [0.1, 0.15) is 16.1 Å². The van der Waals surface area contributed by atoms with Crippen LogP contribution < -0.4 is 0 Å². The molecule has 0 saturated carbocycles. The molecule has 0 spiro atoms. The van der Waals surface area contributed by atoms with E-state index < -0.39 is 0 Å². The highest BCUT2D eigenvalue weighted by molar-refractivity contribution is 7.99. The Morgan fingerprint density at radius 1 is 1.14 bits per heavy atom. The second kappa shape index (κ2) is 8.00. The number of rotatable bonds is 6. The number of Topliss-reactive ketones (excluding diaryl/α,β-unsaturated/α-hetero) is 1. The van der Waals surface area contributed by atoms with Gasteiger partial charge in [0.15, 0.2) is 16.8 Å². The summed E-state index contributed by atoms with van der Waals surface area (Å²) in [6.07, 6.45) is 5.15. The molecule has 8 heteroatoms. The highest BCUT2D eigenvalue weighted by Gasteiger charge is 2.19. The second-order valence-corrected chi connectivity index (χ2v) is 7.41. The third-order valence-electron chi connectivity index (χ3n) is 4.28. The van der Waals surface area contributed by atoms with E-state index in [0.717, 1.165) is 16.8 Å². The van der Waals surface area contributed by atoms with Crippen molar-refractivity contribution in [3.63, 3.8) is 0 Å². The Morgan fingerprint density at radius 3 is 2.71 bits per heavy atom. The van der Waals surface area contributed by atoms with E-state index in [0.29, 0.717) is 21.7 Å². The highest BCUT2D eigenvalue weighted by Crippen LogP contribution is 2.31. The van der Waals surface area contributed by atoms with Gasteiger partial charge in [-0.05, 0) is 48.9 Å². The summed E-state index contributed by atoms with van der Waals surface area (Å²) < 4.78 is 1.93. The Bertz CT molecular complexity index is 1110. The molecule has 140 valence electrons. The van der Waals surface area contributed by atoms with Gasteiger partial charge in [0, 0.05) is 29.2 Å². The van der Waals surface area contributed by atoms with Gasteiger partial charge in [-0.15, -0.1) is 10.2 Å². The lowest BCUT2D eigenvalue weighted by atomic mass is 10.2. The smallest absolute Gasteiger partial charge is 0.196 e. The molecule has 0 radical (unpaired) electrons. The number of nitrogens with one attached hydrogen (secondary N) is 1. The molecule has 0 aliphatic heterocycles. The van der Waals surface area contributed by atoms with E-state index in [1.807, 2.05) is 41.8 Å². The summed E-state index contributed by atoms with van der Waals surface area (Å²) in [7, 11) is 0. The number of aromatic nitrogens is 5. The number of H-pyrrole nitrogens is 1. The molecule has 28 heavy (non-hydrogen) atoms. The Balaban J connectivity index is 1.75. The van der Waals surface area contributed by atoms with Crippen molar-refractivity contribution in [2.75, 3.05) is 5.75 Å². The van der Waals surface area contributed by atoms with Crippen LogP contribution in [0.2, 0.25) is 5.02 Å². The fraction of sp³-hybridized carbons (Fsp3) is 0.100. The van der Waals surface area contributed by atoms with Crippen LogP contribution in [0.5, 0.6) is 0 Å². The number of hydrogen-bond acceptors (Lipinski definition) is 5. The maximum atomic E-state index is 12.4. The first-order valence-corrected chi connectivity index (χ1v) is 9.92. The third kappa shape index (κ3) is 3.58. The molecule has 0 amide bonds. The number of carbonyl (C=O) groups excluding carboxylic acids is 1. The first kappa shape index (κ1) is 18.5. The van der Waals surface area contributed by atoms with Gasteiger partial charge >= 0.3 is 0 Å². The summed E-state index contributed by atoms with van der Waals surface area (Å²) in [6, 6.07) is 13.0. The third-order valence-corrected chi connectivity index (χ3v) is 5.62. The molecule has 4 aromatic rings. The molecule has 0 unspecified atom stereocenters. The van der Waals surface area contributed by atoms with Crippen molar-refractivity contribution in [2.24, 2.45) is 0 Å². The van der Waals surface area contributed by atoms with Crippen LogP contribution in [0, 0.1) is 6.92 Å². The Kier molecular flexibility index (Phi) is 5.27. The summed E-state index contributed by atoms with van der Waals surface area (Å²) in [6.45, 7) is 1.95. The monoisotopic (exact) mass is 409 g/mol. The topological polar surface area (TPSA) is 76.5 Å². The van der Waals surface area contributed by atoms with Gasteiger partial charge in [-0.2, -0.15) is 0 Å². The van der Waals surface area contributed by atoms with Gasteiger partial charge in [-0.25, -0.2) is 0 Å². The molecule has 0 aliphatic rings. The first-order valence-electron chi connectivity index (χ1n) is 8.56. The molecule has 1 aromatic carbocycles. The largest absolute Gasteiger partial charge is 0.359 e. The van der Waals surface area contributed by atoms with E-state index in [-0.39, 0.29) is 11.5 Å². The fourth-order valence-electron chi connectivity index (χ4n) is 2.82. The molecular formula is C20H16ClN5OS. The van der Waals surface area contributed by atoms with Crippen molar-refractivity contribution in [1.82, 2.24) is 24.7 Å². The van der Waals surface area contributed by atoms with Crippen LogP contribution in [-0.2, 0) is 0 Å². The lowest BCUT2D eigenvalue weighted by molar-refractivity contribution is 0.101. The molecule has 3 aromatic heterocycles. The molecule has 1 N–H and O–H groups in total. The van der Waals surface area contributed by atoms with Crippen LogP contribution in [0.15, 0.2) is 66.2 Å². The van der Waals surface area contributed by atoms with E-state index in [1.54, 1.807) is 30.7 Å². The van der Waals surface area contributed by atoms with Gasteiger partial charge in [0.1, 0.15) is 0 Å². The first-order chi connectivity index (χ1) is 13.6. The van der Waals surface area contributed by atoms with E-state index in [1.165, 1.54) is 11.8 Å². The van der Waals surface area contributed by atoms with Gasteiger partial charge in [-0.1, -0.05) is 29.4 Å². The van der Waals surface area contributed by atoms with Crippen molar-refractivity contribution >= 4 is 29.1 Å². The number of hydrogen-bond donors (Lipinski definition) is 1. The van der Waals surface area contributed by atoms with Gasteiger partial charge in [0.25, 0.3) is 0 Å². The number of benzene rings is 1. The zero-order valence-corrected chi connectivity index (χ0v) is 16.5. The number of nitrogens with zero attached hydrogens (tertiary/aromatic N) is 4. The highest BCUT2D eigenvalue weighted by atomic mass is 35.5. The van der Waals surface area contributed by atoms with E-state index >= 15 is 0 Å². The number of thioether (sulfide) groups is 1. The Hall–Kier alpha value is -2.90. The van der Waals surface area contributed by atoms with Crippen LogP contribution >= 0.6 is 23.4 Å². The lowest BCUT2D eigenvalue weighted by Crippen LogP contribution is -2.06. The van der Waals surface area contributed by atoms with Gasteiger partial charge in [0.05, 0.1) is 17.1 Å². The van der Waals surface area contributed by atoms with Crippen molar-refractivity contribution in [3.05, 3.63) is 77.3 Å². The average molecular weight is 410 g/mol. The molecule has 4 rings (SSSR count). The SMILES string of the molecule is Cc1c(Cl)cccc1-n1c(SCC(=O)c2ccc[nH]2)nnc1-c1ccncc1. The maximum absolute atomic E-state index is 12.4. The average Bonchev–Trinajstić information content (AvgIpc) is 3.39. The van der Waals surface area contributed by atoms with Gasteiger partial charge in [-0.3, -0.25) is 14.3 Å². The van der Waals surface area contributed by atoms with Crippen LogP contribution in [0.3, 0.4) is 0 Å². The Morgan fingerprint density at radius 2 is 1.96 bits per heavy atom. The van der Waals surface area contributed by atoms with Crippen LogP contribution in [0.4, 0.5) is 0 Å². The van der Waals surface area contributed by atoms with E-state index in [4.69, 9.17) is 11.6 Å². The molecule has 0 bridgehead atoms. The molecule has 0 saturated heterocycles. The predicted molar refractivity (Wildman–Crippen MR) is 110 cm³/mol. The Labute approximate surface area is 171 Å². The molecule has 0 aliphatic carbocycles. The summed E-state index contributed by atoms with van der Waals surface area (Å²) in [4.78, 5) is 19.4. The minimum absolute atomic E-state index is 0.00201. The van der Waals surface area contributed by atoms with Crippen molar-refractivity contribution in [2.45, 2.75) is 12.1 Å². The number of aromatic amines is 1. The fourth-order valence-corrected chi connectivity index (χ4v) is 3.82. The molecule has 6 nitrogen and oxygen atoms in total. The number of carbonyl (C=O) groups is 1. The minimum atomic E-state index is -0.00201. The van der Waals surface area contributed by atoms with E-state index in [2.05, 4.69) is 20.2 Å². The summed E-state index contributed by atoms with van der Waals surface area (Å²) in [5.74, 6) is 0.912. The van der Waals surface area contributed by atoms with E-state index in [9.17, 15) is 4.79 Å². The molecule has 0 atom stereocenters. The van der Waals surface area contributed by atoms with Crippen molar-refractivity contribution < 1.29 is 4.79 Å². The lowest BCUT2D eigenvalue weighted by Gasteiger charge is -2.13. The quantitative estimate of drug-likeness (QED) is 0.372. The van der Waals surface area contributed by atoms with Crippen LogP contribution in [-0.4, -0.2) is 36.3 Å². The van der Waals surface area contributed by atoms with Crippen molar-refractivity contribution in [3.8, 4) is 17.1 Å². The molecule has 3 heterocycles. The maximum Gasteiger partial charge on any atom is 0.196 e. The second-order valence-electron chi connectivity index (χ2n) is 6.06. The molecule has 0 fully saturated rings. The van der Waals surface area contributed by atoms with Crippen LogP contribution in [0.25, 0.3) is 17.1 Å². The number of ketones is 1. The summed E-state index contributed by atoms with van der Waals surface area (Å²) in [5.41, 5.74) is 3.24. The van der Waals surface area contributed by atoms with Gasteiger partial charge < -0.3 is 4.98 Å². The summed E-state index contributed by atoms with van der Waals surface area (Å²) in [5, 5.41) is 10.00. The molecular weight excluding hydrogens is 394 g/mol. The zero-order valence-electron chi connectivity index (χ0n) is 15.0. The summed E-state index contributed by atoms with van der Waals surface area (Å²) >= 11 is 7.69. The van der Waals surface area contributed by atoms with Crippen molar-refractivity contribution in [1.29, 1.82) is 0 Å². The standard InChI is InChI=1S/C20H16ClN5OS/c1-13-15(21)4-2-6-17(13)26-19(14-7-10-22-11-8-14)24-25-20(26)28-12-18(27)16-5-3-9-23-16/h2-11,23H,12H2,1H3. The number of halogens is 1. The number of pyridine rings is 1. The van der Waals surface area contributed by atoms with Gasteiger partial charge in [0.2, 0.25) is 0 Å². The predicted octanol–water partition coefficient (Wildman–Crippen LogP) is 4.59. The minimum Gasteiger partial charge on any atom is -0.359 e.